The molecule has 1 aliphatic heterocycles. The first-order valence-electron chi connectivity index (χ1n) is 10.1. The van der Waals surface area contributed by atoms with Crippen molar-refractivity contribution in [3.8, 4) is 6.07 Å². The quantitative estimate of drug-likeness (QED) is 0.616. The molecule has 3 rings (SSSR count). The average molecular weight is 495 g/mol. The molecule has 0 spiro atoms. The van der Waals surface area contributed by atoms with Crippen molar-refractivity contribution >= 4 is 27.6 Å². The topological polar surface area (TPSA) is 117 Å². The normalized spacial score (nSPS) is 15.4. The van der Waals surface area contributed by atoms with Gasteiger partial charge in [0.1, 0.15) is 0 Å². The molecule has 0 radical (unpaired) electrons. The van der Waals surface area contributed by atoms with Crippen molar-refractivity contribution in [1.29, 1.82) is 5.26 Å². The number of carbonyl (C=O) groups excluding carboxylic acids is 2. The number of hydrogen-bond acceptors (Lipinski definition) is 6. The van der Waals surface area contributed by atoms with E-state index in [9.17, 15) is 31.2 Å². The zero-order chi connectivity index (χ0) is 24.9. The minimum absolute atomic E-state index is 0.0736. The maximum absolute atomic E-state index is 12.9. The van der Waals surface area contributed by atoms with Crippen LogP contribution in [0.25, 0.3) is 0 Å². The van der Waals surface area contributed by atoms with Gasteiger partial charge in [-0.1, -0.05) is 6.07 Å². The van der Waals surface area contributed by atoms with Gasteiger partial charge in [0.25, 0.3) is 5.91 Å². The number of nitrogens with zero attached hydrogens (tertiary/aromatic N) is 2. The lowest BCUT2D eigenvalue weighted by Gasteiger charge is -2.30. The summed E-state index contributed by atoms with van der Waals surface area (Å²) in [7, 11) is -4.16. The van der Waals surface area contributed by atoms with Crippen LogP contribution >= 0.6 is 0 Å². The summed E-state index contributed by atoms with van der Waals surface area (Å²) in [5.41, 5.74) is -0.217. The van der Waals surface area contributed by atoms with Crippen LogP contribution in [0.2, 0.25) is 0 Å². The highest BCUT2D eigenvalue weighted by molar-refractivity contribution is 7.89. The molecule has 1 amide bonds. The molecule has 0 bridgehead atoms. The number of amides is 1. The first-order chi connectivity index (χ1) is 16.0. The van der Waals surface area contributed by atoms with Crippen LogP contribution in [0, 0.1) is 17.2 Å². The van der Waals surface area contributed by atoms with Gasteiger partial charge >= 0.3 is 12.1 Å². The molecule has 2 aromatic rings. The Labute approximate surface area is 194 Å². The van der Waals surface area contributed by atoms with Crippen molar-refractivity contribution < 1.29 is 35.9 Å². The van der Waals surface area contributed by atoms with Crippen LogP contribution in [0.3, 0.4) is 0 Å². The van der Waals surface area contributed by atoms with E-state index in [2.05, 4.69) is 5.32 Å². The number of ether oxygens (including phenoxy) is 1. The lowest BCUT2D eigenvalue weighted by molar-refractivity contribution is -0.152. The SMILES string of the molecule is N#Cc1ccc(NC(=O)COC(=O)C2CCN(S(=O)(=O)c3cccc(C(F)(F)F)c3)CC2)cc1. The van der Waals surface area contributed by atoms with Crippen LogP contribution in [0.15, 0.2) is 53.4 Å². The first kappa shape index (κ1) is 25.2. The maximum Gasteiger partial charge on any atom is 0.416 e. The molecule has 0 aliphatic carbocycles. The van der Waals surface area contributed by atoms with Gasteiger partial charge in [-0.15, -0.1) is 0 Å². The number of halogens is 3. The number of sulfonamides is 1. The minimum atomic E-state index is -4.67. The van der Waals surface area contributed by atoms with Gasteiger partial charge in [-0.2, -0.15) is 22.7 Å². The summed E-state index contributed by atoms with van der Waals surface area (Å²) in [6, 6.07) is 11.5. The van der Waals surface area contributed by atoms with Gasteiger partial charge in [-0.3, -0.25) is 9.59 Å². The van der Waals surface area contributed by atoms with Crippen LogP contribution in [0.5, 0.6) is 0 Å². The number of alkyl halides is 3. The molecule has 2 aromatic carbocycles. The van der Waals surface area contributed by atoms with E-state index in [1.807, 2.05) is 6.07 Å². The number of anilines is 1. The number of esters is 1. The first-order valence-corrected chi connectivity index (χ1v) is 11.6. The van der Waals surface area contributed by atoms with Gasteiger partial charge in [0.2, 0.25) is 10.0 Å². The van der Waals surface area contributed by atoms with Crippen LogP contribution in [-0.2, 0) is 30.5 Å². The molecule has 0 aromatic heterocycles. The molecular formula is C22H20F3N3O5S. The lowest BCUT2D eigenvalue weighted by Crippen LogP contribution is -2.41. The second-order valence-corrected chi connectivity index (χ2v) is 9.49. The van der Waals surface area contributed by atoms with E-state index >= 15 is 0 Å². The van der Waals surface area contributed by atoms with Crippen molar-refractivity contribution in [2.45, 2.75) is 23.9 Å². The number of piperidine rings is 1. The monoisotopic (exact) mass is 495 g/mol. The largest absolute Gasteiger partial charge is 0.455 e. The zero-order valence-corrected chi connectivity index (χ0v) is 18.5. The standard InChI is InChI=1S/C22H20F3N3O5S/c23-22(24,25)17-2-1-3-19(12-17)34(31,32)28-10-8-16(9-11-28)21(30)33-14-20(29)27-18-6-4-15(13-26)5-7-18/h1-7,12,16H,8-11,14H2,(H,27,29). The van der Waals surface area contributed by atoms with E-state index < -0.39 is 51.1 Å². The van der Waals surface area contributed by atoms with Crippen molar-refractivity contribution in [2.75, 3.05) is 25.0 Å². The Balaban J connectivity index is 1.51. The summed E-state index contributed by atoms with van der Waals surface area (Å²) in [4.78, 5) is 23.8. The predicted molar refractivity (Wildman–Crippen MR) is 114 cm³/mol. The summed E-state index contributed by atoms with van der Waals surface area (Å²) in [6.07, 6.45) is -4.46. The van der Waals surface area contributed by atoms with Crippen molar-refractivity contribution in [2.24, 2.45) is 5.92 Å². The zero-order valence-electron chi connectivity index (χ0n) is 17.7. The Morgan fingerprint density at radius 2 is 1.76 bits per heavy atom. The number of benzene rings is 2. The molecule has 1 aliphatic rings. The molecule has 180 valence electrons. The molecule has 0 atom stereocenters. The Morgan fingerprint density at radius 3 is 2.35 bits per heavy atom. The van der Waals surface area contributed by atoms with Crippen LogP contribution in [0.1, 0.15) is 24.0 Å². The molecule has 0 unspecified atom stereocenters. The fourth-order valence-electron chi connectivity index (χ4n) is 3.39. The fourth-order valence-corrected chi connectivity index (χ4v) is 4.91. The van der Waals surface area contributed by atoms with Crippen molar-refractivity contribution in [3.63, 3.8) is 0 Å². The molecule has 0 saturated carbocycles. The third-order valence-electron chi connectivity index (χ3n) is 5.23. The third kappa shape index (κ3) is 6.12. The number of nitrogens with one attached hydrogen (secondary N) is 1. The highest BCUT2D eigenvalue weighted by Crippen LogP contribution is 2.32. The molecule has 1 heterocycles. The molecule has 1 fully saturated rings. The molecule has 12 heteroatoms. The van der Waals surface area contributed by atoms with E-state index in [0.29, 0.717) is 17.3 Å². The lowest BCUT2D eigenvalue weighted by atomic mass is 9.98. The number of carbonyl (C=O) groups is 2. The van der Waals surface area contributed by atoms with Crippen LogP contribution < -0.4 is 5.32 Å². The van der Waals surface area contributed by atoms with Gasteiger partial charge < -0.3 is 10.1 Å². The van der Waals surface area contributed by atoms with Gasteiger partial charge in [-0.25, -0.2) is 8.42 Å². The van der Waals surface area contributed by atoms with E-state index in [0.717, 1.165) is 22.5 Å². The van der Waals surface area contributed by atoms with Crippen molar-refractivity contribution in [3.05, 3.63) is 59.7 Å². The van der Waals surface area contributed by atoms with Gasteiger partial charge in [0, 0.05) is 18.8 Å². The maximum atomic E-state index is 12.9. The van der Waals surface area contributed by atoms with Gasteiger partial charge in [0.05, 0.1) is 28.0 Å². The third-order valence-corrected chi connectivity index (χ3v) is 7.12. The van der Waals surface area contributed by atoms with E-state index in [-0.39, 0.29) is 25.9 Å². The van der Waals surface area contributed by atoms with E-state index in [4.69, 9.17) is 10.00 Å². The number of rotatable bonds is 6. The molecule has 34 heavy (non-hydrogen) atoms. The molecule has 1 N–H and O–H groups in total. The summed E-state index contributed by atoms with van der Waals surface area (Å²) < 4.78 is 70.3. The second-order valence-electron chi connectivity index (χ2n) is 7.55. The Hall–Kier alpha value is -3.43. The van der Waals surface area contributed by atoms with Crippen LogP contribution in [-0.4, -0.2) is 44.3 Å². The summed E-state index contributed by atoms with van der Waals surface area (Å²) in [6.45, 7) is -0.687. The Bertz CT molecular complexity index is 1200. The Kier molecular flexibility index (Phi) is 7.58. The second kappa shape index (κ2) is 10.2. The van der Waals surface area contributed by atoms with Crippen molar-refractivity contribution in [1.82, 2.24) is 4.31 Å². The Morgan fingerprint density at radius 1 is 1.12 bits per heavy atom. The number of nitriles is 1. The average Bonchev–Trinajstić information content (AvgIpc) is 2.82. The van der Waals surface area contributed by atoms with E-state index in [1.54, 1.807) is 0 Å². The highest BCUT2D eigenvalue weighted by Gasteiger charge is 2.35. The highest BCUT2D eigenvalue weighted by atomic mass is 32.2. The number of hydrogen-bond donors (Lipinski definition) is 1. The predicted octanol–water partition coefficient (Wildman–Crippen LogP) is 3.16. The molecule has 1 saturated heterocycles. The summed E-state index contributed by atoms with van der Waals surface area (Å²) in [5.74, 6) is -1.88. The molecule has 8 nitrogen and oxygen atoms in total. The van der Waals surface area contributed by atoms with Gasteiger partial charge in [0.15, 0.2) is 6.61 Å². The van der Waals surface area contributed by atoms with Crippen LogP contribution in [0.4, 0.5) is 18.9 Å². The van der Waals surface area contributed by atoms with Gasteiger partial charge in [-0.05, 0) is 55.3 Å². The molecular weight excluding hydrogens is 475 g/mol. The summed E-state index contributed by atoms with van der Waals surface area (Å²) >= 11 is 0. The fraction of sp³-hybridized carbons (Fsp3) is 0.318. The smallest absolute Gasteiger partial charge is 0.416 e. The van der Waals surface area contributed by atoms with E-state index in [1.165, 1.54) is 24.3 Å². The minimum Gasteiger partial charge on any atom is -0.455 e. The summed E-state index contributed by atoms with van der Waals surface area (Å²) in [5, 5.41) is 11.3.